The third kappa shape index (κ3) is 2.08. The predicted molar refractivity (Wildman–Crippen MR) is 75.5 cm³/mol. The van der Waals surface area contributed by atoms with E-state index in [0.29, 0.717) is 22.7 Å². The fraction of sp³-hybridized carbons (Fsp3) is 0.333. The minimum atomic E-state index is 0.389. The van der Waals surface area contributed by atoms with Crippen LogP contribution in [0.1, 0.15) is 13.8 Å². The van der Waals surface area contributed by atoms with Crippen LogP contribution in [0.3, 0.4) is 0 Å². The number of aromatic nitrogens is 1. The topological polar surface area (TPSA) is 41.6 Å². The predicted octanol–water partition coefficient (Wildman–Crippen LogP) is 3.88. The summed E-state index contributed by atoms with van der Waals surface area (Å²) in [6, 6.07) is 6.20. The summed E-state index contributed by atoms with van der Waals surface area (Å²) >= 11 is 7.61. The average molecular weight is 282 g/mol. The molecule has 4 nitrogen and oxygen atoms in total. The van der Waals surface area contributed by atoms with Gasteiger partial charge in [0.25, 0.3) is 0 Å². The first-order valence-electron chi connectivity index (χ1n) is 5.68. The van der Waals surface area contributed by atoms with Crippen LogP contribution in [0.25, 0.3) is 11.1 Å². The van der Waals surface area contributed by atoms with Crippen LogP contribution in [0.4, 0.5) is 6.01 Å². The lowest BCUT2D eigenvalue weighted by molar-refractivity contribution is 0.396. The molecule has 1 aliphatic rings. The number of hydrogen-bond donors (Lipinski definition) is 0. The second-order valence-electron chi connectivity index (χ2n) is 4.34. The number of aliphatic imine (C=N–C) groups is 1. The lowest BCUT2D eigenvalue weighted by Crippen LogP contribution is -2.43. The number of benzene rings is 1. The highest BCUT2D eigenvalue weighted by molar-refractivity contribution is 8.15. The van der Waals surface area contributed by atoms with Gasteiger partial charge in [0, 0.05) is 11.1 Å². The Morgan fingerprint density at radius 1 is 1.50 bits per heavy atom. The molecule has 18 heavy (non-hydrogen) atoms. The molecule has 1 aromatic carbocycles. The van der Waals surface area contributed by atoms with Crippen molar-refractivity contribution in [2.75, 3.05) is 5.88 Å². The molecule has 0 radical (unpaired) electrons. The van der Waals surface area contributed by atoms with E-state index in [1.807, 2.05) is 6.07 Å². The molecule has 1 aromatic heterocycles. The maximum Gasteiger partial charge on any atom is 0.325 e. The fourth-order valence-electron chi connectivity index (χ4n) is 1.68. The van der Waals surface area contributed by atoms with Crippen LogP contribution in [-0.4, -0.2) is 27.0 Å². The van der Waals surface area contributed by atoms with Gasteiger partial charge in [-0.05, 0) is 32.0 Å². The van der Waals surface area contributed by atoms with Gasteiger partial charge in [0.1, 0.15) is 5.52 Å². The van der Waals surface area contributed by atoms with Crippen LogP contribution < -0.4 is 0 Å². The van der Waals surface area contributed by atoms with E-state index in [1.54, 1.807) is 23.9 Å². The molecule has 94 valence electrons. The Morgan fingerprint density at radius 2 is 2.33 bits per heavy atom. The third-order valence-corrected chi connectivity index (χ3v) is 3.96. The van der Waals surface area contributed by atoms with E-state index >= 15 is 0 Å². The number of oxazole rings is 1. The van der Waals surface area contributed by atoms with Gasteiger partial charge in [-0.2, -0.15) is 9.98 Å². The monoisotopic (exact) mass is 281 g/mol. The van der Waals surface area contributed by atoms with Gasteiger partial charge < -0.3 is 9.32 Å². The molecule has 0 amide bonds. The Morgan fingerprint density at radius 3 is 3.00 bits per heavy atom. The van der Waals surface area contributed by atoms with Crippen molar-refractivity contribution in [2.45, 2.75) is 19.9 Å². The van der Waals surface area contributed by atoms with Crippen LogP contribution in [0.2, 0.25) is 5.02 Å². The molecule has 0 bridgehead atoms. The molecule has 1 aliphatic heterocycles. The van der Waals surface area contributed by atoms with Gasteiger partial charge in [0.15, 0.2) is 10.8 Å². The Bertz CT molecular complexity index is 623. The first-order chi connectivity index (χ1) is 8.63. The van der Waals surface area contributed by atoms with Crippen molar-refractivity contribution in [3.8, 4) is 0 Å². The smallest absolute Gasteiger partial charge is 0.325 e. The summed E-state index contributed by atoms with van der Waals surface area (Å²) in [6.45, 7) is 4.28. The first-order valence-corrected chi connectivity index (χ1v) is 7.04. The molecule has 3 rings (SSSR count). The standard InChI is InChI=1S/C12H12ClN3OS/c1-7(2)16-6-18-12(16)15-11-14-9-5-8(13)3-4-10(9)17-11/h3-5,7H,6H2,1-2H3/b15-12+. The van der Waals surface area contributed by atoms with Gasteiger partial charge in [-0.3, -0.25) is 0 Å². The summed E-state index contributed by atoms with van der Waals surface area (Å²) < 4.78 is 5.56. The van der Waals surface area contributed by atoms with Gasteiger partial charge in [0.2, 0.25) is 0 Å². The molecule has 6 heteroatoms. The van der Waals surface area contributed by atoms with Crippen molar-refractivity contribution < 1.29 is 4.42 Å². The number of halogens is 1. The van der Waals surface area contributed by atoms with Crippen molar-refractivity contribution in [1.29, 1.82) is 0 Å². The molecule has 0 spiro atoms. The van der Waals surface area contributed by atoms with E-state index in [-0.39, 0.29) is 0 Å². The summed E-state index contributed by atoms with van der Waals surface area (Å²) in [4.78, 5) is 10.9. The molecule has 2 aromatic rings. The second kappa shape index (κ2) is 4.48. The number of fused-ring (bicyclic) bond motifs is 1. The van der Waals surface area contributed by atoms with Crippen molar-refractivity contribution in [2.24, 2.45) is 4.99 Å². The molecule has 0 aliphatic carbocycles. The Labute approximate surface area is 114 Å². The minimum absolute atomic E-state index is 0.389. The molecule has 0 atom stereocenters. The van der Waals surface area contributed by atoms with E-state index in [0.717, 1.165) is 16.6 Å². The summed E-state index contributed by atoms with van der Waals surface area (Å²) in [5.74, 6) is 0.975. The van der Waals surface area contributed by atoms with Crippen LogP contribution in [0, 0.1) is 0 Å². The molecule has 0 saturated carbocycles. The van der Waals surface area contributed by atoms with E-state index in [2.05, 4.69) is 28.7 Å². The summed E-state index contributed by atoms with van der Waals surface area (Å²) in [7, 11) is 0. The van der Waals surface area contributed by atoms with Gasteiger partial charge >= 0.3 is 6.01 Å². The van der Waals surface area contributed by atoms with Crippen LogP contribution in [0.15, 0.2) is 27.6 Å². The summed E-state index contributed by atoms with van der Waals surface area (Å²) in [5, 5.41) is 1.61. The lowest BCUT2D eigenvalue weighted by atomic mass is 10.3. The number of hydrogen-bond acceptors (Lipinski definition) is 4. The van der Waals surface area contributed by atoms with Crippen LogP contribution in [0.5, 0.6) is 0 Å². The highest BCUT2D eigenvalue weighted by Crippen LogP contribution is 2.30. The van der Waals surface area contributed by atoms with Crippen molar-refractivity contribution in [3.05, 3.63) is 23.2 Å². The molecule has 2 heterocycles. The molecule has 1 saturated heterocycles. The van der Waals surface area contributed by atoms with E-state index in [9.17, 15) is 0 Å². The highest BCUT2D eigenvalue weighted by Gasteiger charge is 2.26. The van der Waals surface area contributed by atoms with E-state index in [4.69, 9.17) is 16.0 Å². The lowest BCUT2D eigenvalue weighted by Gasteiger charge is -2.36. The quantitative estimate of drug-likeness (QED) is 0.838. The molecule has 0 unspecified atom stereocenters. The maximum absolute atomic E-state index is 5.91. The fourth-order valence-corrected chi connectivity index (χ4v) is 2.89. The molecule has 0 N–H and O–H groups in total. The zero-order valence-electron chi connectivity index (χ0n) is 10.1. The van der Waals surface area contributed by atoms with E-state index < -0.39 is 0 Å². The molecular weight excluding hydrogens is 270 g/mol. The highest BCUT2D eigenvalue weighted by atomic mass is 35.5. The van der Waals surface area contributed by atoms with Crippen LogP contribution in [-0.2, 0) is 0 Å². The second-order valence-corrected chi connectivity index (χ2v) is 5.69. The summed E-state index contributed by atoms with van der Waals surface area (Å²) in [5.41, 5.74) is 1.45. The SMILES string of the molecule is CC(C)N1CS/C1=N/c1nc2cc(Cl)ccc2o1. The molecule has 1 fully saturated rings. The molecular formula is C12H12ClN3OS. The van der Waals surface area contributed by atoms with Crippen molar-refractivity contribution in [1.82, 2.24) is 9.88 Å². The van der Waals surface area contributed by atoms with Gasteiger partial charge in [-0.1, -0.05) is 23.4 Å². The van der Waals surface area contributed by atoms with Gasteiger partial charge in [0.05, 0.1) is 5.88 Å². The Balaban J connectivity index is 1.93. The average Bonchev–Trinajstić information content (AvgIpc) is 2.65. The van der Waals surface area contributed by atoms with Crippen molar-refractivity contribution in [3.63, 3.8) is 0 Å². The number of amidine groups is 1. The van der Waals surface area contributed by atoms with Gasteiger partial charge in [-0.25, -0.2) is 0 Å². The van der Waals surface area contributed by atoms with Crippen LogP contribution >= 0.6 is 23.4 Å². The van der Waals surface area contributed by atoms with Gasteiger partial charge in [-0.15, -0.1) is 0 Å². The minimum Gasteiger partial charge on any atom is -0.422 e. The number of thioether (sulfide) groups is 1. The largest absolute Gasteiger partial charge is 0.422 e. The third-order valence-electron chi connectivity index (χ3n) is 2.73. The first kappa shape index (κ1) is 11.9. The zero-order valence-corrected chi connectivity index (χ0v) is 11.6. The number of nitrogens with zero attached hydrogens (tertiary/aromatic N) is 3. The zero-order chi connectivity index (χ0) is 12.7. The Kier molecular flexibility index (Phi) is 2.95. The van der Waals surface area contributed by atoms with Crippen molar-refractivity contribution >= 4 is 45.6 Å². The normalized spacial score (nSPS) is 17.8. The van der Waals surface area contributed by atoms with E-state index in [1.165, 1.54) is 0 Å². The summed E-state index contributed by atoms with van der Waals surface area (Å²) in [6.07, 6.45) is 0. The number of rotatable bonds is 2. The Hall–Kier alpha value is -1.20. The maximum atomic E-state index is 5.91.